The maximum atomic E-state index is 14.2. The van der Waals surface area contributed by atoms with Crippen LogP contribution in [0.5, 0.6) is 0 Å². The Morgan fingerprint density at radius 2 is 1.83 bits per heavy atom. The first kappa shape index (κ1) is 15.6. The molecule has 0 unspecified atom stereocenters. The number of benzene rings is 2. The molecule has 5 nitrogen and oxygen atoms in total. The lowest BCUT2D eigenvalue weighted by Gasteiger charge is -2.02. The lowest BCUT2D eigenvalue weighted by molar-refractivity contribution is 0.630. The summed E-state index contributed by atoms with van der Waals surface area (Å²) in [5, 5.41) is 10.8. The number of nitrogens with one attached hydrogen (secondary N) is 1. The Labute approximate surface area is 137 Å². The van der Waals surface area contributed by atoms with Gasteiger partial charge in [0.15, 0.2) is 5.69 Å². The third-order valence-electron chi connectivity index (χ3n) is 3.41. The van der Waals surface area contributed by atoms with Gasteiger partial charge >= 0.3 is 0 Å². The number of H-pyrrole nitrogens is 1. The summed E-state index contributed by atoms with van der Waals surface area (Å²) in [7, 11) is 0. The lowest BCUT2D eigenvalue weighted by Crippen LogP contribution is -2.13. The van der Waals surface area contributed by atoms with Gasteiger partial charge in [-0.1, -0.05) is 36.4 Å². The molecular formula is C18H15FN4O. The van der Waals surface area contributed by atoms with Crippen molar-refractivity contribution in [3.63, 3.8) is 0 Å². The first-order valence-electron chi connectivity index (χ1n) is 7.36. The van der Waals surface area contributed by atoms with E-state index in [0.717, 1.165) is 0 Å². The topological polar surface area (TPSA) is 62.5 Å². The molecule has 0 atom stereocenters. The van der Waals surface area contributed by atoms with Crippen LogP contribution < -0.4 is 5.56 Å². The number of hydrogen-bond acceptors (Lipinski definition) is 3. The van der Waals surface area contributed by atoms with Crippen LogP contribution in [0.15, 0.2) is 82.3 Å². The highest BCUT2D eigenvalue weighted by atomic mass is 19.1. The number of hydrogen-bond donors (Lipinski definition) is 1. The SMILES string of the molecule is C=CCN=Nc1c(-c2ccccc2F)[nH]n(-c2ccccc2)c1=O. The molecule has 2 aromatic carbocycles. The molecule has 3 aromatic rings. The molecule has 3 rings (SSSR count). The summed E-state index contributed by atoms with van der Waals surface area (Å²) in [6.07, 6.45) is 1.56. The second kappa shape index (κ2) is 6.87. The maximum Gasteiger partial charge on any atom is 0.299 e. The smallest absolute Gasteiger partial charge is 0.288 e. The minimum Gasteiger partial charge on any atom is -0.288 e. The number of para-hydroxylation sites is 1. The van der Waals surface area contributed by atoms with E-state index in [4.69, 9.17) is 0 Å². The first-order chi connectivity index (χ1) is 11.7. The van der Waals surface area contributed by atoms with Crippen molar-refractivity contribution >= 4 is 5.69 Å². The molecule has 1 heterocycles. The summed E-state index contributed by atoms with van der Waals surface area (Å²) in [5.41, 5.74) is 0.843. The highest BCUT2D eigenvalue weighted by Crippen LogP contribution is 2.28. The van der Waals surface area contributed by atoms with Gasteiger partial charge in [-0.25, -0.2) is 9.07 Å². The fraction of sp³-hybridized carbons (Fsp3) is 0.0556. The molecule has 0 bridgehead atoms. The van der Waals surface area contributed by atoms with E-state index >= 15 is 0 Å². The molecule has 0 aliphatic rings. The zero-order valence-corrected chi connectivity index (χ0v) is 12.8. The first-order valence-corrected chi connectivity index (χ1v) is 7.36. The number of rotatable bonds is 5. The standard InChI is InChI=1S/C18H15FN4O/c1-2-12-20-21-17-16(14-10-6-7-11-15(14)19)22-23(18(17)24)13-8-4-3-5-9-13/h2-11,22H,1,12H2. The van der Waals surface area contributed by atoms with Crippen molar-refractivity contribution in [1.29, 1.82) is 0 Å². The van der Waals surface area contributed by atoms with Crippen LogP contribution in [0, 0.1) is 5.82 Å². The normalized spacial score (nSPS) is 11.0. The third kappa shape index (κ3) is 2.94. The fourth-order valence-electron chi connectivity index (χ4n) is 2.30. The predicted octanol–water partition coefficient (Wildman–Crippen LogP) is 4.24. The number of nitrogens with zero attached hydrogens (tertiary/aromatic N) is 3. The van der Waals surface area contributed by atoms with Gasteiger partial charge in [-0.2, -0.15) is 5.11 Å². The molecule has 0 aliphatic carbocycles. The van der Waals surface area contributed by atoms with Crippen LogP contribution in [0.4, 0.5) is 10.1 Å². The van der Waals surface area contributed by atoms with E-state index in [1.165, 1.54) is 10.7 Å². The summed E-state index contributed by atoms with van der Waals surface area (Å²) >= 11 is 0. The molecule has 0 amide bonds. The van der Waals surface area contributed by atoms with Gasteiger partial charge in [0.25, 0.3) is 5.56 Å². The van der Waals surface area contributed by atoms with Crippen LogP contribution in [0.2, 0.25) is 0 Å². The van der Waals surface area contributed by atoms with E-state index in [0.29, 0.717) is 5.69 Å². The van der Waals surface area contributed by atoms with Crippen molar-refractivity contribution in [2.45, 2.75) is 0 Å². The Morgan fingerprint density at radius 3 is 2.54 bits per heavy atom. The van der Waals surface area contributed by atoms with Crippen LogP contribution in [0.25, 0.3) is 16.9 Å². The Morgan fingerprint density at radius 1 is 1.12 bits per heavy atom. The molecule has 0 saturated carbocycles. The minimum atomic E-state index is -0.445. The second-order valence-electron chi connectivity index (χ2n) is 5.00. The lowest BCUT2D eigenvalue weighted by atomic mass is 10.1. The van der Waals surface area contributed by atoms with Crippen LogP contribution in [0.3, 0.4) is 0 Å². The summed E-state index contributed by atoms with van der Waals surface area (Å²) in [4.78, 5) is 12.7. The Kier molecular flexibility index (Phi) is 4.47. The molecule has 0 fully saturated rings. The van der Waals surface area contributed by atoms with E-state index in [-0.39, 0.29) is 23.5 Å². The number of aromatic amines is 1. The van der Waals surface area contributed by atoms with Gasteiger partial charge in [-0.05, 0) is 24.3 Å². The molecule has 0 spiro atoms. The Bertz CT molecular complexity index is 941. The van der Waals surface area contributed by atoms with E-state index in [2.05, 4.69) is 21.9 Å². The average molecular weight is 322 g/mol. The van der Waals surface area contributed by atoms with Gasteiger partial charge in [0.2, 0.25) is 0 Å². The van der Waals surface area contributed by atoms with Gasteiger partial charge < -0.3 is 0 Å². The second-order valence-corrected chi connectivity index (χ2v) is 5.00. The number of aromatic nitrogens is 2. The van der Waals surface area contributed by atoms with Gasteiger partial charge in [0, 0.05) is 5.56 Å². The van der Waals surface area contributed by atoms with E-state index in [9.17, 15) is 9.18 Å². The summed E-state index contributed by atoms with van der Waals surface area (Å²) in [5.74, 6) is -0.445. The van der Waals surface area contributed by atoms with Crippen LogP contribution in [0.1, 0.15) is 0 Å². The quantitative estimate of drug-likeness (QED) is 0.554. The Balaban J connectivity index is 2.22. The summed E-state index contributed by atoms with van der Waals surface area (Å²) in [6.45, 7) is 3.83. The summed E-state index contributed by atoms with van der Waals surface area (Å²) < 4.78 is 15.5. The van der Waals surface area contributed by atoms with Crippen molar-refractivity contribution in [1.82, 2.24) is 9.78 Å². The molecule has 24 heavy (non-hydrogen) atoms. The van der Waals surface area contributed by atoms with E-state index in [1.54, 1.807) is 36.4 Å². The van der Waals surface area contributed by atoms with E-state index < -0.39 is 11.4 Å². The van der Waals surface area contributed by atoms with Gasteiger partial charge in [0.1, 0.15) is 5.82 Å². The third-order valence-corrected chi connectivity index (χ3v) is 3.41. The highest BCUT2D eigenvalue weighted by molar-refractivity contribution is 5.72. The molecule has 120 valence electrons. The maximum absolute atomic E-state index is 14.2. The van der Waals surface area contributed by atoms with Crippen molar-refractivity contribution in [2.24, 2.45) is 10.2 Å². The highest BCUT2D eigenvalue weighted by Gasteiger charge is 2.18. The summed E-state index contributed by atoms with van der Waals surface area (Å²) in [6, 6.07) is 15.2. The van der Waals surface area contributed by atoms with Crippen molar-refractivity contribution in [2.75, 3.05) is 6.54 Å². The molecule has 0 saturated heterocycles. The number of halogens is 1. The van der Waals surface area contributed by atoms with Crippen LogP contribution in [-0.2, 0) is 0 Å². The fourth-order valence-corrected chi connectivity index (χ4v) is 2.30. The molecule has 1 aromatic heterocycles. The Hall–Kier alpha value is -3.28. The van der Waals surface area contributed by atoms with Crippen molar-refractivity contribution in [3.05, 3.63) is 83.4 Å². The monoisotopic (exact) mass is 322 g/mol. The largest absolute Gasteiger partial charge is 0.299 e. The molecule has 1 N–H and O–H groups in total. The minimum absolute atomic E-state index is 0.0609. The molecule has 6 heteroatoms. The predicted molar refractivity (Wildman–Crippen MR) is 91.4 cm³/mol. The zero-order chi connectivity index (χ0) is 16.9. The zero-order valence-electron chi connectivity index (χ0n) is 12.8. The van der Waals surface area contributed by atoms with Gasteiger partial charge in [-0.15, -0.1) is 11.7 Å². The van der Waals surface area contributed by atoms with E-state index in [1.807, 2.05) is 18.2 Å². The van der Waals surface area contributed by atoms with Gasteiger partial charge in [-0.3, -0.25) is 9.89 Å². The van der Waals surface area contributed by atoms with Crippen LogP contribution in [-0.4, -0.2) is 16.3 Å². The molecular weight excluding hydrogens is 307 g/mol. The average Bonchev–Trinajstić information content (AvgIpc) is 2.93. The van der Waals surface area contributed by atoms with Crippen molar-refractivity contribution < 1.29 is 4.39 Å². The molecule has 0 aliphatic heterocycles. The molecule has 0 radical (unpaired) electrons. The number of azo groups is 1. The van der Waals surface area contributed by atoms with Crippen molar-refractivity contribution in [3.8, 4) is 16.9 Å². The van der Waals surface area contributed by atoms with Gasteiger partial charge in [0.05, 0.1) is 17.9 Å². The van der Waals surface area contributed by atoms with Crippen LogP contribution >= 0.6 is 0 Å².